The first-order valence-electron chi connectivity index (χ1n) is 15.1. The maximum atomic E-state index is 15.6. The van der Waals surface area contributed by atoms with Gasteiger partial charge in [0.15, 0.2) is 5.65 Å². The van der Waals surface area contributed by atoms with E-state index in [1.54, 1.807) is 12.1 Å². The summed E-state index contributed by atoms with van der Waals surface area (Å²) in [6.45, 7) is 5.73. The number of nitrogens with one attached hydrogen (secondary N) is 1. The number of nitrogens with zero attached hydrogens (tertiary/aromatic N) is 4. The van der Waals surface area contributed by atoms with Crippen LogP contribution in [0.5, 0.6) is 0 Å². The van der Waals surface area contributed by atoms with Gasteiger partial charge in [0.25, 0.3) is 0 Å². The van der Waals surface area contributed by atoms with Gasteiger partial charge in [-0.25, -0.2) is 9.37 Å². The minimum atomic E-state index is -0.327. The Balaban J connectivity index is 1.08. The van der Waals surface area contributed by atoms with E-state index in [0.29, 0.717) is 35.0 Å². The highest BCUT2D eigenvalue weighted by Gasteiger charge is 2.45. The second-order valence-electron chi connectivity index (χ2n) is 12.2. The third-order valence-electron chi connectivity index (χ3n) is 9.61. The number of aromatic nitrogens is 4. The summed E-state index contributed by atoms with van der Waals surface area (Å²) in [4.78, 5) is 12.1. The van der Waals surface area contributed by atoms with E-state index in [0.717, 1.165) is 65.1 Å². The number of hydrogen-bond donors (Lipinski definition) is 1. The maximum Gasteiger partial charge on any atom is 0.155 e. The Hall–Kier alpha value is -3.94. The second-order valence-corrected chi connectivity index (χ2v) is 12.2. The van der Waals surface area contributed by atoms with Gasteiger partial charge in [-0.2, -0.15) is 5.10 Å². The minimum Gasteiger partial charge on any atom is -0.378 e. The largest absolute Gasteiger partial charge is 0.378 e. The number of rotatable bonds is 4. The average Bonchev–Trinajstić information content (AvgIpc) is 3.32. The lowest BCUT2D eigenvalue weighted by molar-refractivity contribution is -0.148. The average molecular weight is 560 g/mol. The highest BCUT2D eigenvalue weighted by atomic mass is 19.1. The molecule has 1 unspecified atom stereocenters. The molecule has 2 aliphatic heterocycles. The van der Waals surface area contributed by atoms with E-state index in [4.69, 9.17) is 4.74 Å². The molecule has 3 aliphatic rings. The quantitative estimate of drug-likeness (QED) is 0.245. The number of ether oxygens (including phenoxy) is 1. The van der Waals surface area contributed by atoms with Gasteiger partial charge in [0.05, 0.1) is 18.9 Å². The first-order chi connectivity index (χ1) is 20.5. The summed E-state index contributed by atoms with van der Waals surface area (Å²) in [6, 6.07) is 20.1. The van der Waals surface area contributed by atoms with Crippen LogP contribution in [0, 0.1) is 19.7 Å². The van der Waals surface area contributed by atoms with Crippen LogP contribution >= 0.6 is 0 Å². The fourth-order valence-electron chi connectivity index (χ4n) is 7.37. The van der Waals surface area contributed by atoms with Gasteiger partial charge >= 0.3 is 0 Å². The molecular formula is C35H34FN5O. The molecule has 2 fully saturated rings. The first kappa shape index (κ1) is 25.7. The zero-order valence-electron chi connectivity index (χ0n) is 24.0. The smallest absolute Gasteiger partial charge is 0.155 e. The Morgan fingerprint density at radius 3 is 2.45 bits per heavy atom. The molecule has 2 saturated heterocycles. The molecule has 5 heterocycles. The van der Waals surface area contributed by atoms with Crippen LogP contribution in [0.25, 0.3) is 44.7 Å². The molecule has 0 amide bonds. The van der Waals surface area contributed by atoms with Crippen molar-refractivity contribution >= 4 is 11.0 Å². The molecule has 2 bridgehead atoms. The van der Waals surface area contributed by atoms with E-state index in [1.165, 1.54) is 30.4 Å². The van der Waals surface area contributed by atoms with Gasteiger partial charge in [-0.1, -0.05) is 30.3 Å². The number of hydrogen-bond acceptors (Lipinski definition) is 5. The van der Waals surface area contributed by atoms with E-state index in [-0.39, 0.29) is 5.82 Å². The fourth-order valence-corrected chi connectivity index (χ4v) is 7.37. The standard InChI is InChI=1S/C35H34FN5O/c1-20-3-4-21(2)38-33(20)25-9-12-30(32(36)15-25)34-31-14-26(17-37-35(31)40-39-34)24-6-5-22-7-10-27(11-8-23(22)13-24)41-28-16-29(41)19-42-18-28/h3-6,9,12-15,17,27-29H,7-8,10-11,16,18-19H2,1-2H3,(H,37,39,40)/t27-,28+,29?/m0/s1. The summed E-state index contributed by atoms with van der Waals surface area (Å²) in [5, 5.41) is 8.30. The van der Waals surface area contributed by atoms with Crippen molar-refractivity contribution in [3.63, 3.8) is 0 Å². The molecule has 7 heteroatoms. The van der Waals surface area contributed by atoms with Crippen LogP contribution in [0.4, 0.5) is 4.39 Å². The van der Waals surface area contributed by atoms with E-state index >= 15 is 4.39 Å². The van der Waals surface area contributed by atoms with Crippen molar-refractivity contribution in [3.8, 4) is 33.6 Å². The highest BCUT2D eigenvalue weighted by Crippen LogP contribution is 2.38. The minimum absolute atomic E-state index is 0.327. The Bertz CT molecular complexity index is 1820. The van der Waals surface area contributed by atoms with Crippen molar-refractivity contribution in [2.45, 2.75) is 64.1 Å². The molecule has 0 saturated carbocycles. The van der Waals surface area contributed by atoms with Gasteiger partial charge in [0.1, 0.15) is 11.5 Å². The molecule has 212 valence electrons. The molecule has 2 aromatic carbocycles. The monoisotopic (exact) mass is 559 g/mol. The second kappa shape index (κ2) is 10.1. The Kier molecular flexibility index (Phi) is 6.19. The molecule has 0 radical (unpaired) electrons. The predicted molar refractivity (Wildman–Crippen MR) is 163 cm³/mol. The highest BCUT2D eigenvalue weighted by molar-refractivity contribution is 5.93. The van der Waals surface area contributed by atoms with Crippen molar-refractivity contribution in [1.82, 2.24) is 25.1 Å². The van der Waals surface area contributed by atoms with Crippen LogP contribution in [0.2, 0.25) is 0 Å². The van der Waals surface area contributed by atoms with Crippen molar-refractivity contribution in [1.29, 1.82) is 0 Å². The SMILES string of the molecule is Cc1ccc(C)c(-c2ccc(-c3n[nH]c4ncc(-c5ccc6c(c5)CC[C@@H](N5C7COC[C@H]5C7)CC6)cc34)c(F)c2)n1. The summed E-state index contributed by atoms with van der Waals surface area (Å²) < 4.78 is 21.3. The van der Waals surface area contributed by atoms with Crippen LogP contribution in [0.15, 0.2) is 60.8 Å². The lowest BCUT2D eigenvalue weighted by Gasteiger charge is -2.56. The number of aromatic amines is 1. The Morgan fingerprint density at radius 2 is 1.64 bits per heavy atom. The normalized spacial score (nSPS) is 22.0. The maximum absolute atomic E-state index is 15.6. The topological polar surface area (TPSA) is 66.9 Å². The Morgan fingerprint density at radius 1 is 0.833 bits per heavy atom. The van der Waals surface area contributed by atoms with Gasteiger partial charge < -0.3 is 4.74 Å². The first-order valence-corrected chi connectivity index (χ1v) is 15.1. The summed E-state index contributed by atoms with van der Waals surface area (Å²) in [5.74, 6) is -0.327. The zero-order valence-corrected chi connectivity index (χ0v) is 24.0. The molecule has 42 heavy (non-hydrogen) atoms. The lowest BCUT2D eigenvalue weighted by atomic mass is 9.87. The number of pyridine rings is 2. The van der Waals surface area contributed by atoms with Crippen LogP contribution in [0.3, 0.4) is 0 Å². The third-order valence-corrected chi connectivity index (χ3v) is 9.61. The summed E-state index contributed by atoms with van der Waals surface area (Å²) in [6.07, 6.45) is 7.81. The third kappa shape index (κ3) is 4.34. The lowest BCUT2D eigenvalue weighted by Crippen LogP contribution is -2.66. The van der Waals surface area contributed by atoms with Gasteiger partial charge in [-0.05, 0) is 92.5 Å². The molecule has 1 N–H and O–H groups in total. The summed E-state index contributed by atoms with van der Waals surface area (Å²) in [5.41, 5.74) is 10.2. The van der Waals surface area contributed by atoms with Crippen LogP contribution in [-0.2, 0) is 17.6 Å². The van der Waals surface area contributed by atoms with Crippen molar-refractivity contribution in [2.24, 2.45) is 0 Å². The van der Waals surface area contributed by atoms with Crippen LogP contribution in [-0.4, -0.2) is 56.4 Å². The molecule has 6 nitrogen and oxygen atoms in total. The molecule has 5 aromatic rings. The number of benzene rings is 2. The van der Waals surface area contributed by atoms with Crippen molar-refractivity contribution in [2.75, 3.05) is 13.2 Å². The number of aryl methyl sites for hydroxylation is 4. The number of halogens is 1. The van der Waals surface area contributed by atoms with Crippen molar-refractivity contribution in [3.05, 3.63) is 89.0 Å². The van der Waals surface area contributed by atoms with Gasteiger partial charge in [0, 0.05) is 52.1 Å². The van der Waals surface area contributed by atoms with Gasteiger partial charge in [-0.3, -0.25) is 15.0 Å². The Labute approximate surface area is 245 Å². The van der Waals surface area contributed by atoms with E-state index in [2.05, 4.69) is 49.3 Å². The van der Waals surface area contributed by atoms with Crippen LogP contribution in [0.1, 0.15) is 41.6 Å². The molecule has 3 aromatic heterocycles. The van der Waals surface area contributed by atoms with E-state index in [9.17, 15) is 0 Å². The summed E-state index contributed by atoms with van der Waals surface area (Å²) in [7, 11) is 0. The van der Waals surface area contributed by atoms with E-state index in [1.807, 2.05) is 38.2 Å². The zero-order chi connectivity index (χ0) is 28.4. The predicted octanol–water partition coefficient (Wildman–Crippen LogP) is 6.83. The number of H-pyrrole nitrogens is 1. The summed E-state index contributed by atoms with van der Waals surface area (Å²) >= 11 is 0. The molecule has 0 spiro atoms. The molecule has 8 rings (SSSR count). The van der Waals surface area contributed by atoms with Gasteiger partial charge in [0.2, 0.25) is 0 Å². The molecule has 3 atom stereocenters. The fraction of sp³-hybridized carbons (Fsp3) is 0.343. The number of morpholine rings is 1. The van der Waals surface area contributed by atoms with Crippen molar-refractivity contribution < 1.29 is 9.13 Å². The van der Waals surface area contributed by atoms with Gasteiger partial charge in [-0.15, -0.1) is 0 Å². The van der Waals surface area contributed by atoms with Crippen LogP contribution < -0.4 is 0 Å². The molecular weight excluding hydrogens is 525 g/mol. The number of fused-ring (bicyclic) bond motifs is 4. The molecule has 1 aliphatic carbocycles. The van der Waals surface area contributed by atoms with E-state index < -0.39 is 0 Å².